The van der Waals surface area contributed by atoms with Crippen LogP contribution in [0.25, 0.3) is 0 Å². The van der Waals surface area contributed by atoms with Crippen molar-refractivity contribution in [2.24, 2.45) is 29.6 Å². The summed E-state index contributed by atoms with van der Waals surface area (Å²) in [5.41, 5.74) is 0. The third-order valence-corrected chi connectivity index (χ3v) is 4.00. The Morgan fingerprint density at radius 3 is 2.08 bits per heavy atom. The van der Waals surface area contributed by atoms with Crippen molar-refractivity contribution in [3.8, 4) is 0 Å². The molecule has 0 aliphatic heterocycles. The van der Waals surface area contributed by atoms with Crippen molar-refractivity contribution in [3.63, 3.8) is 0 Å². The van der Waals surface area contributed by atoms with Crippen LogP contribution in [0.2, 0.25) is 0 Å². The normalized spacial score (nSPS) is 31.8. The van der Waals surface area contributed by atoms with Gasteiger partial charge in [-0.2, -0.15) is 0 Å². The van der Waals surface area contributed by atoms with Crippen LogP contribution in [-0.2, 0) is 0 Å². The van der Waals surface area contributed by atoms with Gasteiger partial charge in [0.1, 0.15) is 0 Å². The molecule has 0 aromatic carbocycles. The molecule has 0 heteroatoms. The molecule has 1 rings (SSSR count). The lowest BCUT2D eigenvalue weighted by Crippen LogP contribution is -2.19. The summed E-state index contributed by atoms with van der Waals surface area (Å²) in [5.74, 6) is 4.89. The minimum Gasteiger partial charge on any atom is -0.0654 e. The van der Waals surface area contributed by atoms with E-state index in [1.165, 1.54) is 19.3 Å². The molecule has 0 spiro atoms. The molecule has 0 N–H and O–H groups in total. The second-order valence-electron chi connectivity index (χ2n) is 5.43. The van der Waals surface area contributed by atoms with Crippen LogP contribution in [0.1, 0.15) is 53.9 Å². The quantitative estimate of drug-likeness (QED) is 0.593. The van der Waals surface area contributed by atoms with E-state index in [0.717, 1.165) is 29.6 Å². The van der Waals surface area contributed by atoms with Crippen LogP contribution >= 0.6 is 0 Å². The number of hydrogen-bond donors (Lipinski definition) is 0. The highest BCUT2D eigenvalue weighted by atomic mass is 14.5. The van der Waals surface area contributed by atoms with E-state index >= 15 is 0 Å². The standard InChI is InChI=1S/C13H26/c1-6-7-12(9(2)3)11(5)13-8-10(13)4/h9-13H,6-8H2,1-5H3. The molecule has 78 valence electrons. The fourth-order valence-corrected chi connectivity index (χ4v) is 2.94. The first-order valence-electron chi connectivity index (χ1n) is 6.07. The molecule has 1 aliphatic carbocycles. The van der Waals surface area contributed by atoms with Crippen molar-refractivity contribution in [1.82, 2.24) is 0 Å². The SMILES string of the molecule is CCCC(C(C)C)C(C)C1CC1C. The molecule has 1 fully saturated rings. The minimum atomic E-state index is 0.878. The van der Waals surface area contributed by atoms with Crippen LogP contribution in [0.15, 0.2) is 0 Å². The van der Waals surface area contributed by atoms with E-state index in [1.807, 2.05) is 0 Å². The molecular weight excluding hydrogens is 156 g/mol. The van der Waals surface area contributed by atoms with E-state index in [2.05, 4.69) is 34.6 Å². The lowest BCUT2D eigenvalue weighted by atomic mass is 9.78. The second-order valence-corrected chi connectivity index (χ2v) is 5.43. The van der Waals surface area contributed by atoms with Gasteiger partial charge >= 0.3 is 0 Å². The summed E-state index contributed by atoms with van der Waals surface area (Å²) in [6.07, 6.45) is 4.28. The van der Waals surface area contributed by atoms with Gasteiger partial charge in [0.15, 0.2) is 0 Å². The average molecular weight is 182 g/mol. The van der Waals surface area contributed by atoms with Gasteiger partial charge in [0, 0.05) is 0 Å². The van der Waals surface area contributed by atoms with Gasteiger partial charge < -0.3 is 0 Å². The fraction of sp³-hybridized carbons (Fsp3) is 1.00. The van der Waals surface area contributed by atoms with Gasteiger partial charge in [-0.25, -0.2) is 0 Å². The molecule has 0 bridgehead atoms. The largest absolute Gasteiger partial charge is 0.0654 e. The van der Waals surface area contributed by atoms with E-state index < -0.39 is 0 Å². The summed E-state index contributed by atoms with van der Waals surface area (Å²) in [6, 6.07) is 0. The Morgan fingerprint density at radius 1 is 1.23 bits per heavy atom. The number of rotatable bonds is 5. The van der Waals surface area contributed by atoms with Crippen molar-refractivity contribution in [3.05, 3.63) is 0 Å². The Labute approximate surface area is 84.1 Å². The number of hydrogen-bond acceptors (Lipinski definition) is 0. The maximum Gasteiger partial charge on any atom is -0.0357 e. The van der Waals surface area contributed by atoms with Gasteiger partial charge in [-0.15, -0.1) is 0 Å². The van der Waals surface area contributed by atoms with Crippen molar-refractivity contribution < 1.29 is 0 Å². The van der Waals surface area contributed by atoms with Crippen LogP contribution < -0.4 is 0 Å². The van der Waals surface area contributed by atoms with Crippen LogP contribution in [-0.4, -0.2) is 0 Å². The van der Waals surface area contributed by atoms with Crippen molar-refractivity contribution in [2.45, 2.75) is 53.9 Å². The smallest absolute Gasteiger partial charge is 0.0357 e. The molecule has 13 heavy (non-hydrogen) atoms. The van der Waals surface area contributed by atoms with Crippen molar-refractivity contribution in [1.29, 1.82) is 0 Å². The highest BCUT2D eigenvalue weighted by Gasteiger charge is 2.40. The fourth-order valence-electron chi connectivity index (χ4n) is 2.94. The summed E-state index contributed by atoms with van der Waals surface area (Å²) in [5, 5.41) is 0. The summed E-state index contributed by atoms with van der Waals surface area (Å²) < 4.78 is 0. The third-order valence-electron chi connectivity index (χ3n) is 4.00. The molecule has 0 heterocycles. The van der Waals surface area contributed by atoms with Crippen LogP contribution in [0.5, 0.6) is 0 Å². The van der Waals surface area contributed by atoms with E-state index in [1.54, 1.807) is 0 Å². The highest BCUT2D eigenvalue weighted by molar-refractivity contribution is 4.89. The van der Waals surface area contributed by atoms with Gasteiger partial charge in [0.05, 0.1) is 0 Å². The van der Waals surface area contributed by atoms with Crippen molar-refractivity contribution >= 4 is 0 Å². The Hall–Kier alpha value is 0. The van der Waals surface area contributed by atoms with Crippen LogP contribution in [0.4, 0.5) is 0 Å². The molecule has 1 saturated carbocycles. The molecule has 0 aromatic rings. The van der Waals surface area contributed by atoms with E-state index in [4.69, 9.17) is 0 Å². The zero-order valence-electron chi connectivity index (χ0n) is 10.0. The lowest BCUT2D eigenvalue weighted by Gasteiger charge is -2.27. The van der Waals surface area contributed by atoms with E-state index in [9.17, 15) is 0 Å². The predicted molar refractivity (Wildman–Crippen MR) is 59.7 cm³/mol. The first-order valence-corrected chi connectivity index (χ1v) is 6.07. The summed E-state index contributed by atoms with van der Waals surface area (Å²) in [6.45, 7) is 12.0. The molecule has 1 aliphatic rings. The molecule has 4 unspecified atom stereocenters. The van der Waals surface area contributed by atoms with Crippen molar-refractivity contribution in [2.75, 3.05) is 0 Å². The summed E-state index contributed by atoms with van der Waals surface area (Å²) in [4.78, 5) is 0. The maximum atomic E-state index is 2.48. The summed E-state index contributed by atoms with van der Waals surface area (Å²) >= 11 is 0. The zero-order chi connectivity index (χ0) is 10.0. The van der Waals surface area contributed by atoms with Gasteiger partial charge in [-0.1, -0.05) is 47.5 Å². The summed E-state index contributed by atoms with van der Waals surface area (Å²) in [7, 11) is 0. The molecule has 4 atom stereocenters. The molecule has 0 amide bonds. The first kappa shape index (κ1) is 11.1. The second kappa shape index (κ2) is 4.48. The van der Waals surface area contributed by atoms with Gasteiger partial charge in [0.2, 0.25) is 0 Å². The Bertz CT molecular complexity index is 148. The first-order chi connectivity index (χ1) is 6.07. The Balaban J connectivity index is 2.43. The third kappa shape index (κ3) is 2.72. The Morgan fingerprint density at radius 2 is 1.77 bits per heavy atom. The molecule has 0 nitrogen and oxygen atoms in total. The van der Waals surface area contributed by atoms with Gasteiger partial charge in [-0.05, 0) is 36.0 Å². The average Bonchev–Trinajstić information content (AvgIpc) is 2.76. The van der Waals surface area contributed by atoms with Crippen LogP contribution in [0, 0.1) is 29.6 Å². The molecule has 0 aromatic heterocycles. The topological polar surface area (TPSA) is 0 Å². The minimum absolute atomic E-state index is 0.878. The van der Waals surface area contributed by atoms with Crippen LogP contribution in [0.3, 0.4) is 0 Å². The molecule has 0 radical (unpaired) electrons. The Kier molecular flexibility index (Phi) is 3.82. The monoisotopic (exact) mass is 182 g/mol. The van der Waals surface area contributed by atoms with E-state index in [-0.39, 0.29) is 0 Å². The maximum absolute atomic E-state index is 2.48. The molecular formula is C13H26. The molecule has 0 saturated heterocycles. The van der Waals surface area contributed by atoms with Gasteiger partial charge in [0.25, 0.3) is 0 Å². The van der Waals surface area contributed by atoms with Gasteiger partial charge in [-0.3, -0.25) is 0 Å². The highest BCUT2D eigenvalue weighted by Crippen LogP contribution is 2.48. The zero-order valence-corrected chi connectivity index (χ0v) is 10.0. The van der Waals surface area contributed by atoms with E-state index in [0.29, 0.717) is 0 Å². The predicted octanol–water partition coefficient (Wildman–Crippen LogP) is 4.35. The lowest BCUT2D eigenvalue weighted by molar-refractivity contribution is 0.222.